The van der Waals surface area contributed by atoms with Gasteiger partial charge in [-0.05, 0) is 49.9 Å². The Morgan fingerprint density at radius 2 is 1.97 bits per heavy atom. The molecule has 156 valence electrons. The molecule has 2 heterocycles. The lowest BCUT2D eigenvalue weighted by Gasteiger charge is -2.58. The van der Waals surface area contributed by atoms with Gasteiger partial charge in [0.15, 0.2) is 4.88 Å². The Kier molecular flexibility index (Phi) is 4.17. The van der Waals surface area contributed by atoms with E-state index in [1.165, 1.54) is 16.2 Å². The number of hydrogen-bond acceptors (Lipinski definition) is 6. The van der Waals surface area contributed by atoms with E-state index in [-0.39, 0.29) is 35.4 Å². The maximum atomic E-state index is 12.5. The fraction of sp³-hybridized carbons (Fsp3) is 0.700. The van der Waals surface area contributed by atoms with Crippen molar-refractivity contribution in [3.8, 4) is 5.88 Å². The van der Waals surface area contributed by atoms with Gasteiger partial charge in [-0.3, -0.25) is 14.5 Å². The molecule has 5 rings (SSSR count). The molecule has 0 bridgehead atoms. The van der Waals surface area contributed by atoms with Gasteiger partial charge in [-0.2, -0.15) is 0 Å². The van der Waals surface area contributed by atoms with Crippen LogP contribution in [0, 0.1) is 11.3 Å². The zero-order valence-corrected chi connectivity index (χ0v) is 17.5. The zero-order chi connectivity index (χ0) is 20.5. The number of hydrogen-bond donors (Lipinski definition) is 2. The van der Waals surface area contributed by atoms with E-state index in [9.17, 15) is 14.4 Å². The van der Waals surface area contributed by atoms with Crippen LogP contribution >= 0.6 is 11.3 Å². The van der Waals surface area contributed by atoms with Gasteiger partial charge in [-0.15, -0.1) is 11.3 Å². The number of urea groups is 1. The van der Waals surface area contributed by atoms with Crippen molar-refractivity contribution in [1.82, 2.24) is 15.2 Å². The van der Waals surface area contributed by atoms with Crippen LogP contribution in [-0.2, 0) is 4.79 Å². The standard InChI is InChI=1S/C20H26N4O4S/c1-9(2)13-18(26)24(19(27)22-13)11-5-20(6-11)7-12(8-20)28-16-14(15(21)25)29-17(23-16)10-3-4-10/h9-13H,3-8H2,1-2H3,(H2,21,25)(H,22,27). The van der Waals surface area contributed by atoms with E-state index in [0.29, 0.717) is 16.7 Å². The molecule has 1 aliphatic heterocycles. The minimum Gasteiger partial charge on any atom is -0.473 e. The lowest BCUT2D eigenvalue weighted by Crippen LogP contribution is -2.60. The summed E-state index contributed by atoms with van der Waals surface area (Å²) in [5, 5.41) is 3.75. The molecule has 29 heavy (non-hydrogen) atoms. The van der Waals surface area contributed by atoms with Gasteiger partial charge in [0.2, 0.25) is 5.88 Å². The molecule has 4 amide bonds. The molecular formula is C20H26N4O4S. The van der Waals surface area contributed by atoms with Crippen molar-refractivity contribution in [2.45, 2.75) is 76.5 Å². The van der Waals surface area contributed by atoms with Crippen LogP contribution in [-0.4, -0.2) is 45.9 Å². The molecule has 0 radical (unpaired) electrons. The second-order valence-corrected chi connectivity index (χ2v) is 10.4. The van der Waals surface area contributed by atoms with Gasteiger partial charge in [-0.1, -0.05) is 13.8 Å². The minimum absolute atomic E-state index is 0.00900. The topological polar surface area (TPSA) is 115 Å². The van der Waals surface area contributed by atoms with Crippen LogP contribution in [0.5, 0.6) is 5.88 Å². The summed E-state index contributed by atoms with van der Waals surface area (Å²) in [5.41, 5.74) is 5.63. The third-order valence-corrected chi connectivity index (χ3v) is 7.95. The largest absolute Gasteiger partial charge is 0.473 e. The van der Waals surface area contributed by atoms with E-state index in [1.807, 2.05) is 13.8 Å². The molecule has 4 aliphatic rings. The van der Waals surface area contributed by atoms with Gasteiger partial charge < -0.3 is 15.8 Å². The normalized spacial score (nSPS) is 33.6. The molecule has 1 aromatic rings. The summed E-state index contributed by atoms with van der Waals surface area (Å²) >= 11 is 1.36. The van der Waals surface area contributed by atoms with Crippen LogP contribution in [0.3, 0.4) is 0 Å². The Balaban J connectivity index is 1.17. The van der Waals surface area contributed by atoms with E-state index in [2.05, 4.69) is 10.3 Å². The number of amides is 4. The van der Waals surface area contributed by atoms with Gasteiger partial charge in [-0.25, -0.2) is 9.78 Å². The molecule has 4 fully saturated rings. The number of primary amides is 1. The Morgan fingerprint density at radius 1 is 1.28 bits per heavy atom. The molecule has 3 N–H and O–H groups in total. The minimum atomic E-state index is -0.486. The van der Waals surface area contributed by atoms with Crippen LogP contribution < -0.4 is 15.8 Å². The lowest BCUT2D eigenvalue weighted by atomic mass is 9.52. The third kappa shape index (κ3) is 3.10. The van der Waals surface area contributed by atoms with Gasteiger partial charge in [0.25, 0.3) is 11.8 Å². The predicted octanol–water partition coefficient (Wildman–Crippen LogP) is 2.39. The van der Waals surface area contributed by atoms with Gasteiger partial charge in [0, 0.05) is 12.0 Å². The maximum absolute atomic E-state index is 12.5. The summed E-state index contributed by atoms with van der Waals surface area (Å²) in [6, 6.07) is -0.690. The molecule has 1 atom stereocenters. The number of aromatic nitrogens is 1. The summed E-state index contributed by atoms with van der Waals surface area (Å²) in [6.45, 7) is 3.88. The highest BCUT2D eigenvalue weighted by Crippen LogP contribution is 2.58. The van der Waals surface area contributed by atoms with Crippen LogP contribution in [0.15, 0.2) is 0 Å². The van der Waals surface area contributed by atoms with Crippen molar-refractivity contribution in [2.24, 2.45) is 17.1 Å². The molecule has 8 nitrogen and oxygen atoms in total. The average molecular weight is 419 g/mol. The van der Waals surface area contributed by atoms with Crippen molar-refractivity contribution in [1.29, 1.82) is 0 Å². The number of carbonyl (C=O) groups excluding carboxylic acids is 3. The average Bonchev–Trinajstić information content (AvgIpc) is 3.28. The Bertz CT molecular complexity index is 879. The van der Waals surface area contributed by atoms with Gasteiger partial charge >= 0.3 is 6.03 Å². The van der Waals surface area contributed by atoms with Crippen molar-refractivity contribution in [3.63, 3.8) is 0 Å². The Hall–Kier alpha value is -2.16. The Labute approximate surface area is 173 Å². The molecular weight excluding hydrogens is 392 g/mol. The van der Waals surface area contributed by atoms with Crippen molar-refractivity contribution >= 4 is 29.2 Å². The van der Waals surface area contributed by atoms with E-state index < -0.39 is 11.9 Å². The number of ether oxygens (including phenoxy) is 1. The van der Waals surface area contributed by atoms with Crippen LogP contribution in [0.2, 0.25) is 0 Å². The molecule has 0 aromatic carbocycles. The van der Waals surface area contributed by atoms with Crippen LogP contribution in [0.4, 0.5) is 4.79 Å². The third-order valence-electron chi connectivity index (χ3n) is 6.73. The maximum Gasteiger partial charge on any atom is 0.325 e. The summed E-state index contributed by atoms with van der Waals surface area (Å²) in [4.78, 5) is 42.9. The first-order valence-corrected chi connectivity index (χ1v) is 11.2. The van der Waals surface area contributed by atoms with E-state index in [0.717, 1.165) is 43.5 Å². The van der Waals surface area contributed by atoms with Crippen molar-refractivity contribution in [3.05, 3.63) is 9.88 Å². The monoisotopic (exact) mass is 418 g/mol. The number of carbonyl (C=O) groups is 3. The highest BCUT2D eigenvalue weighted by Gasteiger charge is 2.58. The highest BCUT2D eigenvalue weighted by molar-refractivity contribution is 7.14. The molecule has 1 unspecified atom stereocenters. The summed E-state index contributed by atoms with van der Waals surface area (Å²) in [7, 11) is 0. The predicted molar refractivity (Wildman–Crippen MR) is 106 cm³/mol. The first-order chi connectivity index (χ1) is 13.8. The van der Waals surface area contributed by atoms with Crippen LogP contribution in [0.25, 0.3) is 0 Å². The molecule has 3 aliphatic carbocycles. The number of imide groups is 1. The second-order valence-electron chi connectivity index (χ2n) is 9.41. The SMILES string of the molecule is CC(C)C1NC(=O)N(C2CC3(CC(Oc4nc(C5CC5)sc4C(N)=O)C3)C2)C1=O. The number of nitrogens with zero attached hydrogens (tertiary/aromatic N) is 2. The van der Waals surface area contributed by atoms with E-state index >= 15 is 0 Å². The summed E-state index contributed by atoms with van der Waals surface area (Å²) < 4.78 is 6.02. The molecule has 1 aromatic heterocycles. The fourth-order valence-corrected chi connectivity index (χ4v) is 6.00. The quantitative estimate of drug-likeness (QED) is 0.689. The summed E-state index contributed by atoms with van der Waals surface area (Å²) in [6.07, 6.45) is 5.59. The molecule has 1 saturated heterocycles. The highest BCUT2D eigenvalue weighted by atomic mass is 32.1. The van der Waals surface area contributed by atoms with E-state index in [4.69, 9.17) is 10.5 Å². The van der Waals surface area contributed by atoms with E-state index in [1.54, 1.807) is 0 Å². The molecule has 9 heteroatoms. The van der Waals surface area contributed by atoms with Crippen molar-refractivity contribution < 1.29 is 19.1 Å². The smallest absolute Gasteiger partial charge is 0.325 e. The van der Waals surface area contributed by atoms with Crippen LogP contribution in [0.1, 0.15) is 73.0 Å². The zero-order valence-electron chi connectivity index (χ0n) is 16.6. The fourth-order valence-electron chi connectivity index (χ4n) is 4.98. The Morgan fingerprint density at radius 3 is 2.52 bits per heavy atom. The summed E-state index contributed by atoms with van der Waals surface area (Å²) in [5.74, 6) is 0.340. The first kappa shape index (κ1) is 18.8. The number of rotatable bonds is 6. The number of nitrogens with one attached hydrogen (secondary N) is 1. The second kappa shape index (κ2) is 6.42. The number of thiazole rings is 1. The first-order valence-electron chi connectivity index (χ1n) is 10.4. The van der Waals surface area contributed by atoms with Gasteiger partial charge in [0.05, 0.1) is 0 Å². The lowest BCUT2D eigenvalue weighted by molar-refractivity contribution is -0.141. The van der Waals surface area contributed by atoms with Crippen molar-refractivity contribution in [2.75, 3.05) is 0 Å². The van der Waals surface area contributed by atoms with Gasteiger partial charge in [0.1, 0.15) is 17.2 Å². The molecule has 3 saturated carbocycles. The molecule has 1 spiro atoms. The number of nitrogens with two attached hydrogens (primary N) is 1.